The molecule has 2 fully saturated rings. The maximum absolute atomic E-state index is 13.5. The fourth-order valence-corrected chi connectivity index (χ4v) is 5.13. The van der Waals surface area contributed by atoms with Crippen molar-refractivity contribution in [3.8, 4) is 17.1 Å². The van der Waals surface area contributed by atoms with Crippen LogP contribution in [-0.2, 0) is 28.4 Å². The lowest BCUT2D eigenvalue weighted by Gasteiger charge is -2.26. The number of hydrogen-bond acceptors (Lipinski definition) is 9. The number of aromatic nitrogens is 2. The quantitative estimate of drug-likeness (QED) is 0.302. The zero-order valence-corrected chi connectivity index (χ0v) is 27.3. The van der Waals surface area contributed by atoms with Gasteiger partial charge < -0.3 is 24.2 Å². The van der Waals surface area contributed by atoms with Crippen LogP contribution in [0, 0.1) is 5.82 Å². The Kier molecular flexibility index (Phi) is 13.9. The second-order valence-electron chi connectivity index (χ2n) is 11.5. The molecule has 1 amide bonds. The highest BCUT2D eigenvalue weighted by Crippen LogP contribution is 2.36. The summed E-state index contributed by atoms with van der Waals surface area (Å²) in [7, 11) is 1.21. The molecule has 17 heteroatoms. The normalized spacial score (nSPS) is 16.0. The average Bonchev–Trinajstić information content (AvgIpc) is 3.09. The number of rotatable bonds is 10. The molecule has 1 N–H and O–H groups in total. The predicted molar refractivity (Wildman–Crippen MR) is 167 cm³/mol. The maximum Gasteiger partial charge on any atom is 0.416 e. The van der Waals surface area contributed by atoms with Crippen LogP contribution in [0.2, 0.25) is 0 Å². The summed E-state index contributed by atoms with van der Waals surface area (Å²) in [5.74, 6) is -1.36. The number of amides is 1. The van der Waals surface area contributed by atoms with E-state index < -0.39 is 41.7 Å². The minimum absolute atomic E-state index is 0.0168. The molecule has 0 atom stereocenters. The average molecular weight is 718 g/mol. The lowest BCUT2D eigenvalue weighted by Crippen LogP contribution is -2.38. The van der Waals surface area contributed by atoms with Crippen LogP contribution < -0.4 is 4.74 Å². The molecule has 2 aliphatic rings. The number of β-amino-alcohol motifs (C(OH)–C–C–N with tert-alkyl or cyclic N) is 1. The van der Waals surface area contributed by atoms with Gasteiger partial charge in [0.25, 0.3) is 5.91 Å². The monoisotopic (exact) mass is 717 g/mol. The zero-order valence-electron chi connectivity index (χ0n) is 27.3. The van der Waals surface area contributed by atoms with Crippen LogP contribution in [0.5, 0.6) is 6.01 Å². The first-order valence-electron chi connectivity index (χ1n) is 15.7. The first-order valence-corrected chi connectivity index (χ1v) is 15.7. The highest BCUT2D eigenvalue weighted by molar-refractivity contribution is 5.98. The van der Waals surface area contributed by atoms with E-state index in [1.807, 2.05) is 0 Å². The first-order chi connectivity index (χ1) is 23.7. The summed E-state index contributed by atoms with van der Waals surface area (Å²) in [6.07, 6.45) is -8.78. The molecule has 0 aliphatic carbocycles. The summed E-state index contributed by atoms with van der Waals surface area (Å²) < 4.78 is 109. The number of alkyl halides is 6. The Labute approximate surface area is 284 Å². The molecule has 2 aromatic carbocycles. The van der Waals surface area contributed by atoms with E-state index in [9.17, 15) is 35.5 Å². The number of ether oxygens (including phenoxy) is 3. The summed E-state index contributed by atoms with van der Waals surface area (Å²) in [5.41, 5.74) is -3.06. The number of hydrogen-bond donors (Lipinski definition) is 1. The van der Waals surface area contributed by atoms with Crippen molar-refractivity contribution in [2.45, 2.75) is 18.9 Å². The van der Waals surface area contributed by atoms with Gasteiger partial charge in [0.05, 0.1) is 44.2 Å². The van der Waals surface area contributed by atoms with Crippen LogP contribution in [0.25, 0.3) is 11.1 Å². The summed E-state index contributed by atoms with van der Waals surface area (Å²) in [4.78, 5) is 27.1. The van der Waals surface area contributed by atoms with Crippen molar-refractivity contribution in [3.05, 3.63) is 76.9 Å². The minimum Gasteiger partial charge on any atom is -0.462 e. The third kappa shape index (κ3) is 11.6. The molecule has 0 bridgehead atoms. The van der Waals surface area contributed by atoms with Crippen molar-refractivity contribution in [1.82, 2.24) is 24.7 Å². The molecule has 3 aromatic rings. The number of carbonyl (C=O) groups excluding carboxylic acids is 1. The molecule has 274 valence electrons. The van der Waals surface area contributed by atoms with Gasteiger partial charge in [0.2, 0.25) is 0 Å². The van der Waals surface area contributed by atoms with Crippen LogP contribution in [0.15, 0.2) is 48.7 Å². The van der Waals surface area contributed by atoms with Gasteiger partial charge in [-0.15, -0.1) is 0 Å². The summed E-state index contributed by atoms with van der Waals surface area (Å²) in [6, 6.07) is 6.05. The summed E-state index contributed by atoms with van der Waals surface area (Å²) in [6.45, 7) is 7.38. The van der Waals surface area contributed by atoms with Gasteiger partial charge in [-0.25, -0.2) is 9.37 Å². The van der Waals surface area contributed by atoms with Crippen molar-refractivity contribution in [3.63, 3.8) is 0 Å². The highest BCUT2D eigenvalue weighted by Gasteiger charge is 2.37. The molecule has 10 nitrogen and oxygen atoms in total. The fraction of sp³-hybridized carbons (Fsp3) is 0.485. The third-order valence-electron chi connectivity index (χ3n) is 7.80. The van der Waals surface area contributed by atoms with Gasteiger partial charge >= 0.3 is 18.4 Å². The molecule has 5 rings (SSSR count). The lowest BCUT2D eigenvalue weighted by atomic mass is 10.0. The number of aliphatic hydroxyl groups excluding tert-OH is 1. The SMILES string of the molecule is CN(Cc1cc(C(F)(F)F)cc(C(F)(F)F)c1)C(=O)c1nc(OCCN2CCOCC2)ncc1-c1ccc(F)cc1.OCCN1CCOCC1. The molecule has 2 saturated heterocycles. The van der Waals surface area contributed by atoms with Gasteiger partial charge in [-0.1, -0.05) is 12.1 Å². The molecule has 0 unspecified atom stereocenters. The molecule has 0 saturated carbocycles. The molecular formula is C33H38F7N5O5. The van der Waals surface area contributed by atoms with E-state index in [1.165, 1.54) is 25.4 Å². The topological polar surface area (TPSA) is 100 Å². The van der Waals surface area contributed by atoms with Gasteiger partial charge in [-0.3, -0.25) is 14.6 Å². The largest absolute Gasteiger partial charge is 0.462 e. The van der Waals surface area contributed by atoms with Gasteiger partial charge in [-0.2, -0.15) is 31.3 Å². The Bertz CT molecular complexity index is 1500. The number of morpholine rings is 2. The number of nitrogens with zero attached hydrogens (tertiary/aromatic N) is 5. The Morgan fingerprint density at radius 3 is 1.94 bits per heavy atom. The Morgan fingerprint density at radius 1 is 0.880 bits per heavy atom. The Balaban J connectivity index is 0.000000541. The van der Waals surface area contributed by atoms with Crippen molar-refractivity contribution in [2.75, 3.05) is 86.0 Å². The van der Waals surface area contributed by atoms with Gasteiger partial charge in [0.1, 0.15) is 18.1 Å². The van der Waals surface area contributed by atoms with E-state index in [0.29, 0.717) is 50.5 Å². The van der Waals surface area contributed by atoms with E-state index in [4.69, 9.17) is 19.3 Å². The number of halogens is 7. The standard InChI is InChI=1S/C27H25F7N4O3.C6H13NO2/c1-37(16-17-12-19(26(29,30)31)14-20(13-17)27(32,33)34)24(39)23-22(18-2-4-21(28)5-3-18)15-35-25(36-23)41-11-8-38-6-9-40-10-7-38;8-4-1-7-2-5-9-6-3-7/h2-5,12-15H,6-11,16H2,1H3;8H,1-6H2. The van der Waals surface area contributed by atoms with Gasteiger partial charge in [0.15, 0.2) is 0 Å². The van der Waals surface area contributed by atoms with Crippen LogP contribution in [0.1, 0.15) is 27.2 Å². The van der Waals surface area contributed by atoms with Crippen LogP contribution in [0.4, 0.5) is 30.7 Å². The first kappa shape index (κ1) is 38.9. The summed E-state index contributed by atoms with van der Waals surface area (Å²) >= 11 is 0. The number of aliphatic hydroxyl groups is 1. The van der Waals surface area contributed by atoms with Crippen molar-refractivity contribution in [1.29, 1.82) is 0 Å². The Morgan fingerprint density at radius 2 is 1.42 bits per heavy atom. The van der Waals surface area contributed by atoms with Crippen molar-refractivity contribution in [2.24, 2.45) is 0 Å². The smallest absolute Gasteiger partial charge is 0.416 e. The maximum atomic E-state index is 13.5. The second-order valence-corrected chi connectivity index (χ2v) is 11.5. The molecule has 0 spiro atoms. The molecule has 0 radical (unpaired) electrons. The second kappa shape index (κ2) is 17.8. The minimum atomic E-state index is -5.03. The zero-order chi connectivity index (χ0) is 36.3. The van der Waals surface area contributed by atoms with Gasteiger partial charge in [-0.05, 0) is 41.5 Å². The van der Waals surface area contributed by atoms with E-state index in [1.54, 1.807) is 0 Å². The number of carbonyl (C=O) groups is 1. The molecule has 2 aliphatic heterocycles. The van der Waals surface area contributed by atoms with Crippen molar-refractivity contribution >= 4 is 5.91 Å². The van der Waals surface area contributed by atoms with Crippen molar-refractivity contribution < 1.29 is 54.8 Å². The van der Waals surface area contributed by atoms with Crippen LogP contribution in [-0.4, -0.2) is 122 Å². The van der Waals surface area contributed by atoms with Crippen LogP contribution >= 0.6 is 0 Å². The number of benzene rings is 2. The molecular weight excluding hydrogens is 679 g/mol. The Hall–Kier alpha value is -3.90. The van der Waals surface area contributed by atoms with E-state index in [0.717, 1.165) is 49.9 Å². The van der Waals surface area contributed by atoms with Gasteiger partial charge in [0, 0.05) is 64.6 Å². The van der Waals surface area contributed by atoms with Crippen LogP contribution in [0.3, 0.4) is 0 Å². The third-order valence-corrected chi connectivity index (χ3v) is 7.80. The lowest BCUT2D eigenvalue weighted by molar-refractivity contribution is -0.143. The van der Waals surface area contributed by atoms with E-state index in [-0.39, 0.29) is 42.1 Å². The molecule has 1 aromatic heterocycles. The van der Waals surface area contributed by atoms with E-state index >= 15 is 0 Å². The van der Waals surface area contributed by atoms with E-state index in [2.05, 4.69) is 19.8 Å². The predicted octanol–water partition coefficient (Wildman–Crippen LogP) is 4.61. The highest BCUT2D eigenvalue weighted by atomic mass is 19.4. The molecule has 50 heavy (non-hydrogen) atoms. The summed E-state index contributed by atoms with van der Waals surface area (Å²) in [5, 5.41) is 8.54. The molecule has 3 heterocycles. The fourth-order valence-electron chi connectivity index (χ4n) is 5.13.